The molecule has 0 N–H and O–H groups in total. The lowest BCUT2D eigenvalue weighted by Gasteiger charge is -2.15. The molecule has 0 spiro atoms. The van der Waals surface area contributed by atoms with Crippen molar-refractivity contribution in [3.63, 3.8) is 0 Å². The van der Waals surface area contributed by atoms with Crippen molar-refractivity contribution in [2.75, 3.05) is 5.75 Å². The van der Waals surface area contributed by atoms with Crippen LogP contribution in [-0.4, -0.2) is 22.4 Å². The third kappa shape index (κ3) is 1.68. The molecule has 1 aliphatic rings. The molecule has 1 rings (SSSR count). The predicted octanol–water partition coefficient (Wildman–Crippen LogP) is 0.424. The molecule has 1 atom stereocenters. The van der Waals surface area contributed by atoms with Gasteiger partial charge in [-0.1, -0.05) is 11.8 Å². The first-order chi connectivity index (χ1) is 5.13. The molecule has 0 radical (unpaired) electrons. The summed E-state index contributed by atoms with van der Waals surface area (Å²) in [6.07, 6.45) is 0.348. The Morgan fingerprint density at radius 3 is 2.55 bits per heavy atom. The maximum atomic E-state index is 11.0. The van der Waals surface area contributed by atoms with Crippen LogP contribution in [0, 0.1) is 5.92 Å². The van der Waals surface area contributed by atoms with E-state index in [-0.39, 0.29) is 16.7 Å². The minimum atomic E-state index is -0.964. The average Bonchev–Trinajstić information content (AvgIpc) is 1.85. The van der Waals surface area contributed by atoms with E-state index < -0.39 is 5.92 Å². The maximum Gasteiger partial charge on any atom is 0.206 e. The van der Waals surface area contributed by atoms with Crippen LogP contribution in [0.15, 0.2) is 0 Å². The number of ketones is 2. The van der Waals surface area contributed by atoms with Crippen molar-refractivity contribution in [3.8, 4) is 0 Å². The lowest BCUT2D eigenvalue weighted by molar-refractivity contribution is -0.136. The summed E-state index contributed by atoms with van der Waals surface area (Å²) in [6, 6.07) is 0. The van der Waals surface area contributed by atoms with Gasteiger partial charge in [0, 0.05) is 12.2 Å². The van der Waals surface area contributed by atoms with E-state index in [1.165, 1.54) is 6.92 Å². The Labute approximate surface area is 68.5 Å². The molecular weight excluding hydrogens is 164 g/mol. The summed E-state index contributed by atoms with van der Waals surface area (Å²) in [5.41, 5.74) is 0. The number of carbonyl (C=O) groups is 3. The molecule has 0 amide bonds. The van der Waals surface area contributed by atoms with E-state index >= 15 is 0 Å². The molecule has 3 nitrogen and oxygen atoms in total. The molecule has 11 heavy (non-hydrogen) atoms. The SMILES string of the molecule is CC(=O)C1C(=O)CCSC1=O. The molecular formula is C7H8O3S. The van der Waals surface area contributed by atoms with E-state index in [1.54, 1.807) is 0 Å². The van der Waals surface area contributed by atoms with Crippen molar-refractivity contribution < 1.29 is 14.4 Å². The summed E-state index contributed by atoms with van der Waals surface area (Å²) in [4.78, 5) is 32.7. The molecule has 0 aromatic heterocycles. The van der Waals surface area contributed by atoms with Gasteiger partial charge in [-0.3, -0.25) is 14.4 Å². The molecule has 1 saturated heterocycles. The van der Waals surface area contributed by atoms with E-state index in [9.17, 15) is 14.4 Å². The van der Waals surface area contributed by atoms with Crippen LogP contribution in [0.5, 0.6) is 0 Å². The van der Waals surface area contributed by atoms with Crippen LogP contribution >= 0.6 is 11.8 Å². The lowest BCUT2D eigenvalue weighted by atomic mass is 9.99. The van der Waals surface area contributed by atoms with E-state index in [0.717, 1.165) is 11.8 Å². The molecule has 4 heteroatoms. The van der Waals surface area contributed by atoms with Crippen molar-refractivity contribution in [2.45, 2.75) is 13.3 Å². The second kappa shape index (κ2) is 3.17. The number of thioether (sulfide) groups is 1. The van der Waals surface area contributed by atoms with Gasteiger partial charge in [-0.05, 0) is 6.92 Å². The third-order valence-corrected chi connectivity index (χ3v) is 2.49. The fraction of sp³-hybridized carbons (Fsp3) is 0.571. The molecule has 1 aliphatic heterocycles. The van der Waals surface area contributed by atoms with Gasteiger partial charge in [0.2, 0.25) is 5.12 Å². The van der Waals surface area contributed by atoms with E-state index in [1.807, 2.05) is 0 Å². The highest BCUT2D eigenvalue weighted by molar-refractivity contribution is 8.13. The van der Waals surface area contributed by atoms with Crippen LogP contribution < -0.4 is 0 Å². The summed E-state index contributed by atoms with van der Waals surface area (Å²) < 4.78 is 0. The van der Waals surface area contributed by atoms with Crippen molar-refractivity contribution in [3.05, 3.63) is 0 Å². The average molecular weight is 172 g/mol. The minimum absolute atomic E-state index is 0.221. The van der Waals surface area contributed by atoms with Crippen LogP contribution in [-0.2, 0) is 14.4 Å². The quantitative estimate of drug-likeness (QED) is 0.538. The highest BCUT2D eigenvalue weighted by atomic mass is 32.2. The van der Waals surface area contributed by atoms with E-state index in [0.29, 0.717) is 12.2 Å². The van der Waals surface area contributed by atoms with Crippen LogP contribution in [0.4, 0.5) is 0 Å². The topological polar surface area (TPSA) is 51.2 Å². The largest absolute Gasteiger partial charge is 0.299 e. The molecule has 1 fully saturated rings. The van der Waals surface area contributed by atoms with E-state index in [2.05, 4.69) is 0 Å². The van der Waals surface area contributed by atoms with Gasteiger partial charge in [0.15, 0.2) is 5.78 Å². The van der Waals surface area contributed by atoms with Gasteiger partial charge in [0.05, 0.1) is 0 Å². The monoisotopic (exact) mass is 172 g/mol. The Balaban J connectivity index is 2.79. The van der Waals surface area contributed by atoms with Gasteiger partial charge >= 0.3 is 0 Å². The molecule has 0 saturated carbocycles. The van der Waals surface area contributed by atoms with Gasteiger partial charge in [0.25, 0.3) is 0 Å². The van der Waals surface area contributed by atoms with Crippen LogP contribution in [0.2, 0.25) is 0 Å². The summed E-state index contributed by atoms with van der Waals surface area (Å²) in [5, 5.41) is -0.284. The highest BCUT2D eigenvalue weighted by Crippen LogP contribution is 2.22. The zero-order chi connectivity index (χ0) is 8.43. The first kappa shape index (κ1) is 8.46. The van der Waals surface area contributed by atoms with Crippen molar-refractivity contribution in [1.82, 2.24) is 0 Å². The maximum absolute atomic E-state index is 11.0. The summed E-state index contributed by atoms with van der Waals surface area (Å²) in [5.74, 6) is -0.983. The van der Waals surface area contributed by atoms with Gasteiger partial charge in [0.1, 0.15) is 11.7 Å². The van der Waals surface area contributed by atoms with E-state index in [4.69, 9.17) is 0 Å². The first-order valence-corrected chi connectivity index (χ1v) is 4.31. The minimum Gasteiger partial charge on any atom is -0.299 e. The Hall–Kier alpha value is -0.640. The molecule has 0 aromatic rings. The second-order valence-corrected chi connectivity index (χ2v) is 3.53. The molecule has 1 unspecified atom stereocenters. The van der Waals surface area contributed by atoms with Crippen molar-refractivity contribution in [2.24, 2.45) is 5.92 Å². The molecule has 0 aromatic carbocycles. The number of hydrogen-bond donors (Lipinski definition) is 0. The molecule has 60 valence electrons. The summed E-state index contributed by atoms with van der Waals surface area (Å²) in [6.45, 7) is 1.28. The van der Waals surface area contributed by atoms with Gasteiger partial charge in [-0.15, -0.1) is 0 Å². The number of carbonyl (C=O) groups excluding carboxylic acids is 3. The zero-order valence-electron chi connectivity index (χ0n) is 6.12. The van der Waals surface area contributed by atoms with Crippen LogP contribution in [0.1, 0.15) is 13.3 Å². The predicted molar refractivity (Wildman–Crippen MR) is 41.3 cm³/mol. The highest BCUT2D eigenvalue weighted by Gasteiger charge is 2.34. The summed E-state index contributed by atoms with van der Waals surface area (Å²) >= 11 is 1.08. The van der Waals surface area contributed by atoms with Crippen LogP contribution in [0.25, 0.3) is 0 Å². The normalized spacial score (nSPS) is 25.4. The Morgan fingerprint density at radius 2 is 2.18 bits per heavy atom. The number of Topliss-reactive ketones (excluding diaryl/α,β-unsaturated/α-hetero) is 2. The Kier molecular flexibility index (Phi) is 2.44. The smallest absolute Gasteiger partial charge is 0.206 e. The van der Waals surface area contributed by atoms with Crippen LogP contribution in [0.3, 0.4) is 0 Å². The number of hydrogen-bond acceptors (Lipinski definition) is 4. The molecule has 0 bridgehead atoms. The Morgan fingerprint density at radius 1 is 1.55 bits per heavy atom. The first-order valence-electron chi connectivity index (χ1n) is 3.32. The van der Waals surface area contributed by atoms with Gasteiger partial charge in [-0.2, -0.15) is 0 Å². The second-order valence-electron chi connectivity index (χ2n) is 2.43. The van der Waals surface area contributed by atoms with Crippen molar-refractivity contribution in [1.29, 1.82) is 0 Å². The van der Waals surface area contributed by atoms with Crippen molar-refractivity contribution >= 4 is 28.4 Å². The third-order valence-electron chi connectivity index (χ3n) is 1.56. The fourth-order valence-corrected chi connectivity index (χ4v) is 1.97. The molecule has 1 heterocycles. The Bertz CT molecular complexity index is 206. The molecule has 0 aliphatic carbocycles. The number of rotatable bonds is 1. The van der Waals surface area contributed by atoms with Gasteiger partial charge in [-0.25, -0.2) is 0 Å². The summed E-state index contributed by atoms with van der Waals surface area (Å²) in [7, 11) is 0. The zero-order valence-corrected chi connectivity index (χ0v) is 6.94. The lowest BCUT2D eigenvalue weighted by Crippen LogP contribution is -2.32. The fourth-order valence-electron chi connectivity index (χ4n) is 1.00. The standard InChI is InChI=1S/C7H8O3S/c1-4(8)6-5(9)2-3-11-7(6)10/h6H,2-3H2,1H3. The van der Waals surface area contributed by atoms with Gasteiger partial charge < -0.3 is 0 Å².